The standard InChI is InChI=1S/C16H11IN4O4S/c17-11-6-4-10(5-7-11)15-19-20-16(25-15)26-9-14(22)18-12-2-1-3-13(8-12)21(23)24/h1-8H,9H2,(H,18,22). The van der Waals surface area contributed by atoms with Crippen LogP contribution in [0.1, 0.15) is 0 Å². The normalized spacial score (nSPS) is 10.5. The molecule has 1 amide bonds. The molecule has 26 heavy (non-hydrogen) atoms. The minimum absolute atomic E-state index is 0.0387. The Hall–Kier alpha value is -2.47. The number of non-ortho nitro benzene ring substituents is 1. The van der Waals surface area contributed by atoms with Crippen molar-refractivity contribution in [3.63, 3.8) is 0 Å². The molecule has 3 rings (SSSR count). The quantitative estimate of drug-likeness (QED) is 0.245. The maximum atomic E-state index is 12.0. The lowest BCUT2D eigenvalue weighted by Gasteiger charge is -2.03. The number of hydrogen-bond acceptors (Lipinski definition) is 7. The highest BCUT2D eigenvalue weighted by atomic mass is 127. The van der Waals surface area contributed by atoms with Gasteiger partial charge in [-0.3, -0.25) is 14.9 Å². The van der Waals surface area contributed by atoms with E-state index in [0.717, 1.165) is 20.9 Å². The van der Waals surface area contributed by atoms with E-state index in [2.05, 4.69) is 38.1 Å². The second-order valence-electron chi connectivity index (χ2n) is 5.02. The van der Waals surface area contributed by atoms with E-state index in [1.165, 1.54) is 18.2 Å². The molecule has 0 aliphatic rings. The van der Waals surface area contributed by atoms with E-state index in [4.69, 9.17) is 4.42 Å². The van der Waals surface area contributed by atoms with Crippen LogP contribution < -0.4 is 5.32 Å². The van der Waals surface area contributed by atoms with E-state index >= 15 is 0 Å². The largest absolute Gasteiger partial charge is 0.411 e. The van der Waals surface area contributed by atoms with E-state index in [0.29, 0.717) is 11.6 Å². The third-order valence-electron chi connectivity index (χ3n) is 3.17. The van der Waals surface area contributed by atoms with Crippen LogP contribution in [0.2, 0.25) is 0 Å². The molecule has 0 unspecified atom stereocenters. The number of nitro benzene ring substituents is 1. The third kappa shape index (κ3) is 4.79. The van der Waals surface area contributed by atoms with Crippen LogP contribution in [0, 0.1) is 13.7 Å². The van der Waals surface area contributed by atoms with Crippen LogP contribution in [0.15, 0.2) is 58.2 Å². The SMILES string of the molecule is O=C(CSc1nnc(-c2ccc(I)cc2)o1)Nc1cccc([N+](=O)[O-])c1. The molecule has 1 aromatic heterocycles. The molecule has 0 saturated carbocycles. The minimum atomic E-state index is -0.519. The Balaban J connectivity index is 1.57. The van der Waals surface area contributed by atoms with Crippen LogP contribution in [-0.4, -0.2) is 26.8 Å². The third-order valence-corrected chi connectivity index (χ3v) is 4.70. The fourth-order valence-electron chi connectivity index (χ4n) is 2.00. The van der Waals surface area contributed by atoms with Crippen molar-refractivity contribution in [3.8, 4) is 11.5 Å². The second-order valence-corrected chi connectivity index (χ2v) is 7.20. The summed E-state index contributed by atoms with van der Waals surface area (Å²) in [6.07, 6.45) is 0. The Morgan fingerprint density at radius 1 is 1.23 bits per heavy atom. The Morgan fingerprint density at radius 2 is 2.00 bits per heavy atom. The monoisotopic (exact) mass is 482 g/mol. The van der Waals surface area contributed by atoms with Crippen molar-refractivity contribution in [2.24, 2.45) is 0 Å². The summed E-state index contributed by atoms with van der Waals surface area (Å²) in [6.45, 7) is 0. The number of hydrogen-bond donors (Lipinski definition) is 1. The topological polar surface area (TPSA) is 111 Å². The Labute approximate surface area is 165 Å². The zero-order chi connectivity index (χ0) is 18.5. The van der Waals surface area contributed by atoms with Gasteiger partial charge in [-0.2, -0.15) is 0 Å². The maximum absolute atomic E-state index is 12.0. The van der Waals surface area contributed by atoms with Crippen molar-refractivity contribution < 1.29 is 14.1 Å². The second kappa shape index (κ2) is 8.27. The lowest BCUT2D eigenvalue weighted by molar-refractivity contribution is -0.384. The van der Waals surface area contributed by atoms with E-state index in [-0.39, 0.29) is 22.6 Å². The molecule has 0 radical (unpaired) electrons. The Kier molecular flexibility index (Phi) is 5.83. The van der Waals surface area contributed by atoms with Crippen LogP contribution in [0.25, 0.3) is 11.5 Å². The van der Waals surface area contributed by atoms with Crippen molar-refractivity contribution in [2.75, 3.05) is 11.1 Å². The molecular formula is C16H11IN4O4S. The minimum Gasteiger partial charge on any atom is -0.411 e. The number of nitrogens with zero attached hydrogens (tertiary/aromatic N) is 3. The molecule has 0 aliphatic heterocycles. The summed E-state index contributed by atoms with van der Waals surface area (Å²) in [7, 11) is 0. The lowest BCUT2D eigenvalue weighted by atomic mass is 10.2. The van der Waals surface area contributed by atoms with Crippen molar-refractivity contribution in [2.45, 2.75) is 5.22 Å². The Bertz CT molecular complexity index is 945. The van der Waals surface area contributed by atoms with Crippen LogP contribution in [0.3, 0.4) is 0 Å². The average Bonchev–Trinajstić information content (AvgIpc) is 3.10. The summed E-state index contributed by atoms with van der Waals surface area (Å²) in [5, 5.41) is 21.5. The van der Waals surface area contributed by atoms with Gasteiger partial charge in [0.15, 0.2) is 0 Å². The molecule has 0 fully saturated rings. The first kappa shape index (κ1) is 18.3. The summed E-state index contributed by atoms with van der Waals surface area (Å²) in [5.41, 5.74) is 1.07. The molecule has 0 bridgehead atoms. The summed E-state index contributed by atoms with van der Waals surface area (Å²) in [6, 6.07) is 13.3. The number of amides is 1. The van der Waals surface area contributed by atoms with Crippen molar-refractivity contribution in [1.29, 1.82) is 0 Å². The summed E-state index contributed by atoms with van der Waals surface area (Å²) < 4.78 is 6.63. The summed E-state index contributed by atoms with van der Waals surface area (Å²) in [4.78, 5) is 22.2. The van der Waals surface area contributed by atoms with Gasteiger partial charge in [-0.15, -0.1) is 10.2 Å². The van der Waals surface area contributed by atoms with Crippen LogP contribution in [0.4, 0.5) is 11.4 Å². The maximum Gasteiger partial charge on any atom is 0.277 e. The molecule has 0 atom stereocenters. The highest BCUT2D eigenvalue weighted by Gasteiger charge is 2.12. The number of carbonyl (C=O) groups excluding carboxylic acids is 1. The highest BCUT2D eigenvalue weighted by Crippen LogP contribution is 2.24. The van der Waals surface area contributed by atoms with Crippen LogP contribution >= 0.6 is 34.4 Å². The summed E-state index contributed by atoms with van der Waals surface area (Å²) in [5.74, 6) is 0.0873. The summed E-state index contributed by atoms with van der Waals surface area (Å²) >= 11 is 3.29. The number of halogens is 1. The predicted octanol–water partition coefficient (Wildman–Crippen LogP) is 3.98. The molecule has 1 N–H and O–H groups in total. The van der Waals surface area contributed by atoms with Gasteiger partial charge in [0.25, 0.3) is 10.9 Å². The van der Waals surface area contributed by atoms with E-state index in [1.807, 2.05) is 24.3 Å². The molecule has 1 heterocycles. The van der Waals surface area contributed by atoms with Gasteiger partial charge >= 0.3 is 0 Å². The van der Waals surface area contributed by atoms with E-state index < -0.39 is 4.92 Å². The van der Waals surface area contributed by atoms with Gasteiger partial charge in [-0.25, -0.2) is 0 Å². The average molecular weight is 482 g/mol. The predicted molar refractivity (Wildman–Crippen MR) is 105 cm³/mol. The smallest absolute Gasteiger partial charge is 0.277 e. The van der Waals surface area contributed by atoms with Gasteiger partial charge in [0.05, 0.1) is 10.7 Å². The molecule has 2 aromatic carbocycles. The number of aromatic nitrogens is 2. The molecule has 3 aromatic rings. The zero-order valence-electron chi connectivity index (χ0n) is 13.1. The van der Waals surface area contributed by atoms with Gasteiger partial charge in [-0.1, -0.05) is 17.8 Å². The number of rotatable bonds is 6. The molecule has 132 valence electrons. The molecule has 0 saturated heterocycles. The Morgan fingerprint density at radius 3 is 2.73 bits per heavy atom. The highest BCUT2D eigenvalue weighted by molar-refractivity contribution is 14.1. The first-order valence-corrected chi connectivity index (χ1v) is 9.34. The van der Waals surface area contributed by atoms with Gasteiger partial charge in [0, 0.05) is 27.0 Å². The van der Waals surface area contributed by atoms with Crippen molar-refractivity contribution >= 4 is 51.6 Å². The number of thioether (sulfide) groups is 1. The zero-order valence-corrected chi connectivity index (χ0v) is 16.1. The molecule has 0 aliphatic carbocycles. The van der Waals surface area contributed by atoms with Gasteiger partial charge in [0.1, 0.15) is 0 Å². The lowest BCUT2D eigenvalue weighted by Crippen LogP contribution is -2.14. The van der Waals surface area contributed by atoms with Crippen LogP contribution in [-0.2, 0) is 4.79 Å². The number of nitro groups is 1. The number of nitrogens with one attached hydrogen (secondary N) is 1. The molecule has 0 spiro atoms. The van der Waals surface area contributed by atoms with Crippen molar-refractivity contribution in [1.82, 2.24) is 10.2 Å². The number of benzene rings is 2. The van der Waals surface area contributed by atoms with E-state index in [9.17, 15) is 14.9 Å². The first-order valence-electron chi connectivity index (χ1n) is 7.28. The van der Waals surface area contributed by atoms with Crippen LogP contribution in [0.5, 0.6) is 0 Å². The number of carbonyl (C=O) groups is 1. The molecular weight excluding hydrogens is 471 g/mol. The van der Waals surface area contributed by atoms with Gasteiger partial charge in [0.2, 0.25) is 11.8 Å². The van der Waals surface area contributed by atoms with Gasteiger partial charge in [-0.05, 0) is 52.9 Å². The van der Waals surface area contributed by atoms with Gasteiger partial charge < -0.3 is 9.73 Å². The number of anilines is 1. The fourth-order valence-corrected chi connectivity index (χ4v) is 2.92. The molecule has 8 nitrogen and oxygen atoms in total. The first-order chi connectivity index (χ1) is 12.5. The molecule has 10 heteroatoms. The fraction of sp³-hybridized carbons (Fsp3) is 0.0625. The van der Waals surface area contributed by atoms with Crippen molar-refractivity contribution in [3.05, 3.63) is 62.2 Å². The van der Waals surface area contributed by atoms with E-state index in [1.54, 1.807) is 6.07 Å².